The number of allylic oxidation sites excluding steroid dienone is 5. The summed E-state index contributed by atoms with van der Waals surface area (Å²) in [5.74, 6) is 0.869. The lowest BCUT2D eigenvalue weighted by atomic mass is 9.71. The molecular weight excluding hydrogens is 230 g/mol. The maximum Gasteiger partial charge on any atom is 0.0165 e. The van der Waals surface area contributed by atoms with Crippen molar-refractivity contribution in [2.24, 2.45) is 17.6 Å². The molecule has 104 valence electrons. The summed E-state index contributed by atoms with van der Waals surface area (Å²) in [6, 6.07) is 0.261. The molecule has 3 unspecified atom stereocenters. The Labute approximate surface area is 118 Å². The van der Waals surface area contributed by atoms with Crippen molar-refractivity contribution in [2.45, 2.75) is 52.0 Å². The van der Waals surface area contributed by atoms with Crippen molar-refractivity contribution in [3.05, 3.63) is 47.6 Å². The molecule has 0 bridgehead atoms. The molecule has 1 nitrogen and oxygen atoms in total. The second-order valence-electron chi connectivity index (χ2n) is 5.97. The summed E-state index contributed by atoms with van der Waals surface area (Å²) in [6.45, 7) is 8.96. The lowest BCUT2D eigenvalue weighted by Gasteiger charge is -2.37. The van der Waals surface area contributed by atoms with Crippen LogP contribution < -0.4 is 5.73 Å². The lowest BCUT2D eigenvalue weighted by Crippen LogP contribution is -2.37. The van der Waals surface area contributed by atoms with Crippen LogP contribution >= 0.6 is 0 Å². The van der Waals surface area contributed by atoms with Gasteiger partial charge in [0.1, 0.15) is 0 Å². The van der Waals surface area contributed by atoms with Gasteiger partial charge in [0.15, 0.2) is 0 Å². The first kappa shape index (κ1) is 14.3. The molecule has 0 aromatic rings. The van der Waals surface area contributed by atoms with Crippen molar-refractivity contribution in [2.75, 3.05) is 0 Å². The molecule has 0 aromatic heterocycles. The van der Waals surface area contributed by atoms with Gasteiger partial charge in [0, 0.05) is 17.9 Å². The summed E-state index contributed by atoms with van der Waals surface area (Å²) in [5.41, 5.74) is 10.9. The van der Waals surface area contributed by atoms with Gasteiger partial charge in [0.25, 0.3) is 0 Å². The molecule has 0 spiro atoms. The van der Waals surface area contributed by atoms with Gasteiger partial charge in [-0.1, -0.05) is 60.9 Å². The average molecular weight is 257 g/mol. The Morgan fingerprint density at radius 2 is 2.21 bits per heavy atom. The van der Waals surface area contributed by atoms with Crippen LogP contribution in [0.3, 0.4) is 0 Å². The Balaban J connectivity index is 2.23. The first-order chi connectivity index (χ1) is 9.15. The van der Waals surface area contributed by atoms with Gasteiger partial charge in [0.05, 0.1) is 0 Å². The van der Waals surface area contributed by atoms with E-state index in [1.54, 1.807) is 11.1 Å². The van der Waals surface area contributed by atoms with E-state index in [0.717, 1.165) is 12.8 Å². The standard InChI is InChI=1S/C18H27N/c1-4-8-16-13(2)11-12-17(19)18(16)14(3)15-9-6-5-7-10-15/h5-7,9,15,17-18H,3-4,8,10-12,19H2,1-2H3. The minimum Gasteiger partial charge on any atom is -0.327 e. The molecule has 0 saturated heterocycles. The molecule has 0 aromatic carbocycles. The maximum atomic E-state index is 6.43. The van der Waals surface area contributed by atoms with Gasteiger partial charge in [-0.15, -0.1) is 0 Å². The van der Waals surface area contributed by atoms with E-state index in [1.807, 2.05) is 0 Å². The Morgan fingerprint density at radius 3 is 2.84 bits per heavy atom. The highest BCUT2D eigenvalue weighted by molar-refractivity contribution is 5.33. The third-order valence-electron chi connectivity index (χ3n) is 4.58. The van der Waals surface area contributed by atoms with E-state index in [9.17, 15) is 0 Å². The maximum absolute atomic E-state index is 6.43. The van der Waals surface area contributed by atoms with Crippen LogP contribution in [0.4, 0.5) is 0 Å². The van der Waals surface area contributed by atoms with Crippen molar-refractivity contribution in [3.8, 4) is 0 Å². The van der Waals surface area contributed by atoms with Gasteiger partial charge < -0.3 is 5.73 Å². The Morgan fingerprint density at radius 1 is 1.42 bits per heavy atom. The van der Waals surface area contributed by atoms with Crippen molar-refractivity contribution in [3.63, 3.8) is 0 Å². The summed E-state index contributed by atoms with van der Waals surface area (Å²) in [7, 11) is 0. The minimum absolute atomic E-state index is 0.261. The van der Waals surface area contributed by atoms with Crippen molar-refractivity contribution in [1.82, 2.24) is 0 Å². The molecule has 0 amide bonds. The van der Waals surface area contributed by atoms with E-state index < -0.39 is 0 Å². The fourth-order valence-electron chi connectivity index (χ4n) is 3.46. The highest BCUT2D eigenvalue weighted by atomic mass is 14.7. The lowest BCUT2D eigenvalue weighted by molar-refractivity contribution is 0.432. The molecule has 0 heterocycles. The molecule has 19 heavy (non-hydrogen) atoms. The van der Waals surface area contributed by atoms with Crippen LogP contribution in [0.2, 0.25) is 0 Å². The second kappa shape index (κ2) is 6.38. The summed E-state index contributed by atoms with van der Waals surface area (Å²) in [4.78, 5) is 0. The average Bonchev–Trinajstić information content (AvgIpc) is 2.44. The molecule has 2 aliphatic rings. The van der Waals surface area contributed by atoms with E-state index in [2.05, 4.69) is 44.7 Å². The van der Waals surface area contributed by atoms with Crippen LogP contribution in [-0.2, 0) is 0 Å². The van der Waals surface area contributed by atoms with Gasteiger partial charge >= 0.3 is 0 Å². The van der Waals surface area contributed by atoms with Gasteiger partial charge in [-0.3, -0.25) is 0 Å². The fraction of sp³-hybridized carbons (Fsp3) is 0.556. The van der Waals surface area contributed by atoms with Gasteiger partial charge in [-0.2, -0.15) is 0 Å². The first-order valence-electron chi connectivity index (χ1n) is 7.61. The zero-order valence-electron chi connectivity index (χ0n) is 12.4. The fourth-order valence-corrected chi connectivity index (χ4v) is 3.46. The van der Waals surface area contributed by atoms with Crippen LogP contribution in [0.25, 0.3) is 0 Å². The number of nitrogens with two attached hydrogens (primary N) is 1. The Hall–Kier alpha value is -1.08. The zero-order chi connectivity index (χ0) is 13.8. The molecule has 2 N–H and O–H groups in total. The monoisotopic (exact) mass is 257 g/mol. The molecule has 0 saturated carbocycles. The van der Waals surface area contributed by atoms with Crippen LogP contribution in [0.1, 0.15) is 46.0 Å². The topological polar surface area (TPSA) is 26.0 Å². The van der Waals surface area contributed by atoms with Crippen molar-refractivity contribution in [1.29, 1.82) is 0 Å². The predicted octanol–water partition coefficient (Wildman–Crippen LogP) is 4.53. The number of rotatable bonds is 4. The minimum atomic E-state index is 0.261. The molecule has 3 atom stereocenters. The largest absolute Gasteiger partial charge is 0.327 e. The molecule has 1 heteroatoms. The molecule has 0 aliphatic heterocycles. The van der Waals surface area contributed by atoms with Gasteiger partial charge in [-0.05, 0) is 32.6 Å². The highest BCUT2D eigenvalue weighted by Crippen LogP contribution is 2.40. The summed E-state index contributed by atoms with van der Waals surface area (Å²) in [5, 5.41) is 0. The van der Waals surface area contributed by atoms with Crippen molar-refractivity contribution < 1.29 is 0 Å². The molecule has 0 fully saturated rings. The smallest absolute Gasteiger partial charge is 0.0165 e. The number of hydrogen-bond donors (Lipinski definition) is 1. The Bertz CT molecular complexity index is 425. The summed E-state index contributed by atoms with van der Waals surface area (Å²) in [6.07, 6.45) is 14.5. The SMILES string of the molecule is C=C(C1C=CC=CC1)C1C(CCC)=C(C)CCC1N. The van der Waals surface area contributed by atoms with Gasteiger partial charge in [-0.25, -0.2) is 0 Å². The normalized spacial score (nSPS) is 30.8. The molecule has 2 rings (SSSR count). The third-order valence-corrected chi connectivity index (χ3v) is 4.58. The zero-order valence-corrected chi connectivity index (χ0v) is 12.4. The number of hydrogen-bond acceptors (Lipinski definition) is 1. The summed E-state index contributed by atoms with van der Waals surface area (Å²) < 4.78 is 0. The molecule has 2 aliphatic carbocycles. The quantitative estimate of drug-likeness (QED) is 0.736. The molecular formula is C18H27N. The van der Waals surface area contributed by atoms with Crippen LogP contribution in [-0.4, -0.2) is 6.04 Å². The van der Waals surface area contributed by atoms with Gasteiger partial charge in [0.2, 0.25) is 0 Å². The van der Waals surface area contributed by atoms with Crippen LogP contribution in [0, 0.1) is 11.8 Å². The second-order valence-corrected chi connectivity index (χ2v) is 5.97. The van der Waals surface area contributed by atoms with Crippen LogP contribution in [0.5, 0.6) is 0 Å². The van der Waals surface area contributed by atoms with E-state index in [0.29, 0.717) is 11.8 Å². The van der Waals surface area contributed by atoms with Crippen molar-refractivity contribution >= 4 is 0 Å². The first-order valence-corrected chi connectivity index (χ1v) is 7.61. The molecule has 0 radical (unpaired) electrons. The predicted molar refractivity (Wildman–Crippen MR) is 83.8 cm³/mol. The highest BCUT2D eigenvalue weighted by Gasteiger charge is 2.31. The third kappa shape index (κ3) is 3.09. The van der Waals surface area contributed by atoms with Crippen LogP contribution in [0.15, 0.2) is 47.6 Å². The summed E-state index contributed by atoms with van der Waals surface area (Å²) >= 11 is 0. The Kier molecular flexibility index (Phi) is 4.81. The van der Waals surface area contributed by atoms with E-state index in [-0.39, 0.29) is 6.04 Å². The van der Waals surface area contributed by atoms with E-state index in [4.69, 9.17) is 5.73 Å². The van der Waals surface area contributed by atoms with E-state index in [1.165, 1.54) is 24.8 Å². The van der Waals surface area contributed by atoms with E-state index >= 15 is 0 Å².